The fraction of sp³-hybridized carbons (Fsp3) is 0.278. The standard InChI is InChI=1S/C18H21ClNO4P/c1-3-23-25(22,24-4-2)18(14-10-6-5-7-11-14)20-17(21)15-12-8-9-13-16(15)19/h5-13,18H,3-4H2,1-2H3,(H,20,21). The highest BCUT2D eigenvalue weighted by atomic mass is 35.5. The van der Waals surface area contributed by atoms with Gasteiger partial charge in [-0.25, -0.2) is 0 Å². The zero-order valence-corrected chi connectivity index (χ0v) is 15.8. The van der Waals surface area contributed by atoms with Crippen LogP contribution in [0, 0.1) is 0 Å². The lowest BCUT2D eigenvalue weighted by Crippen LogP contribution is -2.30. The van der Waals surface area contributed by atoms with E-state index in [-0.39, 0.29) is 13.2 Å². The number of rotatable bonds is 8. The van der Waals surface area contributed by atoms with E-state index in [0.29, 0.717) is 16.1 Å². The summed E-state index contributed by atoms with van der Waals surface area (Å²) in [6, 6.07) is 15.6. The molecule has 2 aromatic carbocycles. The molecule has 0 bridgehead atoms. The fourth-order valence-corrected chi connectivity index (χ4v) is 4.50. The van der Waals surface area contributed by atoms with Crippen LogP contribution in [0.5, 0.6) is 0 Å². The smallest absolute Gasteiger partial charge is 0.334 e. The number of nitrogens with one attached hydrogen (secondary N) is 1. The molecule has 0 aliphatic carbocycles. The number of hydrogen-bond donors (Lipinski definition) is 1. The van der Waals surface area contributed by atoms with Crippen LogP contribution >= 0.6 is 19.2 Å². The molecule has 0 spiro atoms. The SMILES string of the molecule is CCOP(=O)(OCC)C(NC(=O)c1ccccc1Cl)c1ccccc1. The quantitative estimate of drug-likeness (QED) is 0.651. The Morgan fingerprint density at radius 2 is 1.60 bits per heavy atom. The van der Waals surface area contributed by atoms with Crippen molar-refractivity contribution in [3.63, 3.8) is 0 Å². The molecule has 5 nitrogen and oxygen atoms in total. The van der Waals surface area contributed by atoms with Gasteiger partial charge in [-0.15, -0.1) is 0 Å². The second-order valence-corrected chi connectivity index (χ2v) is 7.66. The highest BCUT2D eigenvalue weighted by molar-refractivity contribution is 7.54. The van der Waals surface area contributed by atoms with Crippen molar-refractivity contribution < 1.29 is 18.4 Å². The third kappa shape index (κ3) is 4.93. The number of carbonyl (C=O) groups is 1. The van der Waals surface area contributed by atoms with Crippen molar-refractivity contribution >= 4 is 25.1 Å². The molecule has 0 fully saturated rings. The first kappa shape index (κ1) is 19.7. The van der Waals surface area contributed by atoms with E-state index in [9.17, 15) is 9.36 Å². The van der Waals surface area contributed by atoms with E-state index in [1.165, 1.54) is 0 Å². The number of halogens is 1. The van der Waals surface area contributed by atoms with Crippen LogP contribution in [0.4, 0.5) is 0 Å². The maximum atomic E-state index is 13.3. The Bertz CT molecular complexity index is 744. The van der Waals surface area contributed by atoms with Gasteiger partial charge >= 0.3 is 7.60 Å². The van der Waals surface area contributed by atoms with Crippen LogP contribution in [-0.4, -0.2) is 19.1 Å². The molecule has 0 aliphatic rings. The summed E-state index contributed by atoms with van der Waals surface area (Å²) in [5, 5.41) is 3.08. The van der Waals surface area contributed by atoms with Crippen LogP contribution in [0.1, 0.15) is 35.6 Å². The van der Waals surface area contributed by atoms with E-state index < -0.39 is 19.3 Å². The number of amides is 1. The molecular formula is C18H21ClNO4P. The maximum absolute atomic E-state index is 13.3. The Morgan fingerprint density at radius 3 is 2.16 bits per heavy atom. The lowest BCUT2D eigenvalue weighted by molar-refractivity contribution is 0.0937. The summed E-state index contributed by atoms with van der Waals surface area (Å²) in [5.74, 6) is -1.38. The van der Waals surface area contributed by atoms with Crippen molar-refractivity contribution in [1.29, 1.82) is 0 Å². The van der Waals surface area contributed by atoms with Gasteiger partial charge in [0, 0.05) is 0 Å². The van der Waals surface area contributed by atoms with E-state index in [4.69, 9.17) is 20.6 Å². The largest absolute Gasteiger partial charge is 0.357 e. The molecule has 2 aromatic rings. The molecule has 0 saturated carbocycles. The fourth-order valence-electron chi connectivity index (χ4n) is 2.37. The summed E-state index contributed by atoms with van der Waals surface area (Å²) in [7, 11) is -3.62. The van der Waals surface area contributed by atoms with Gasteiger partial charge in [0.25, 0.3) is 5.91 Å². The summed E-state index contributed by atoms with van der Waals surface area (Å²) in [4.78, 5) is 12.7. The summed E-state index contributed by atoms with van der Waals surface area (Å²) in [5.41, 5.74) is 0.929. The Kier molecular flexibility index (Phi) is 7.21. The van der Waals surface area contributed by atoms with Crippen LogP contribution in [0.25, 0.3) is 0 Å². The Hall–Kier alpha value is -1.65. The summed E-state index contributed by atoms with van der Waals surface area (Å²) in [6.07, 6.45) is 0. The van der Waals surface area contributed by atoms with Crippen LogP contribution < -0.4 is 5.32 Å². The van der Waals surface area contributed by atoms with Gasteiger partial charge in [-0.2, -0.15) is 0 Å². The molecule has 0 saturated heterocycles. The van der Waals surface area contributed by atoms with Crippen molar-refractivity contribution in [2.75, 3.05) is 13.2 Å². The van der Waals surface area contributed by atoms with Gasteiger partial charge in [0.05, 0.1) is 23.8 Å². The van der Waals surface area contributed by atoms with Crippen LogP contribution in [0.3, 0.4) is 0 Å². The summed E-state index contributed by atoms with van der Waals surface area (Å²) < 4.78 is 24.2. The molecule has 25 heavy (non-hydrogen) atoms. The first-order valence-electron chi connectivity index (χ1n) is 8.01. The molecule has 1 unspecified atom stereocenters. The second-order valence-electron chi connectivity index (χ2n) is 5.14. The predicted octanol–water partition coefficient (Wildman–Crippen LogP) is 5.03. The minimum Gasteiger partial charge on any atom is -0.334 e. The zero-order valence-electron chi connectivity index (χ0n) is 14.1. The molecule has 134 valence electrons. The van der Waals surface area contributed by atoms with Gasteiger partial charge in [-0.1, -0.05) is 54.1 Å². The molecule has 1 amide bonds. The maximum Gasteiger partial charge on any atom is 0.357 e. The summed E-state index contributed by atoms with van der Waals surface area (Å²) in [6.45, 7) is 3.85. The molecule has 1 atom stereocenters. The lowest BCUT2D eigenvalue weighted by Gasteiger charge is -2.27. The number of benzene rings is 2. The molecule has 0 aliphatic heterocycles. The van der Waals surface area contributed by atoms with Crippen LogP contribution in [0.2, 0.25) is 5.02 Å². The van der Waals surface area contributed by atoms with Gasteiger partial charge in [-0.05, 0) is 31.5 Å². The van der Waals surface area contributed by atoms with Crippen molar-refractivity contribution in [1.82, 2.24) is 5.32 Å². The third-order valence-electron chi connectivity index (χ3n) is 3.44. The normalized spacial score (nSPS) is 12.6. The lowest BCUT2D eigenvalue weighted by atomic mass is 10.2. The highest BCUT2D eigenvalue weighted by Gasteiger charge is 2.38. The van der Waals surface area contributed by atoms with Crippen molar-refractivity contribution in [2.45, 2.75) is 19.6 Å². The van der Waals surface area contributed by atoms with Gasteiger partial charge in [0.2, 0.25) is 0 Å². The van der Waals surface area contributed by atoms with Gasteiger partial charge in [-0.3, -0.25) is 9.36 Å². The van der Waals surface area contributed by atoms with Crippen LogP contribution in [-0.2, 0) is 13.6 Å². The Morgan fingerprint density at radius 1 is 1.04 bits per heavy atom. The van der Waals surface area contributed by atoms with E-state index in [1.54, 1.807) is 62.4 Å². The topological polar surface area (TPSA) is 64.6 Å². The van der Waals surface area contributed by atoms with E-state index in [1.807, 2.05) is 6.07 Å². The number of carbonyl (C=O) groups excluding carboxylic acids is 1. The Labute approximate surface area is 152 Å². The predicted molar refractivity (Wildman–Crippen MR) is 99.0 cm³/mol. The van der Waals surface area contributed by atoms with E-state index >= 15 is 0 Å². The number of hydrogen-bond acceptors (Lipinski definition) is 4. The second kappa shape index (κ2) is 9.16. The molecule has 1 N–H and O–H groups in total. The molecule has 0 radical (unpaired) electrons. The molecule has 2 rings (SSSR count). The first-order chi connectivity index (χ1) is 12.0. The minimum atomic E-state index is -3.62. The molecule has 0 aromatic heterocycles. The van der Waals surface area contributed by atoms with Gasteiger partial charge in [0.15, 0.2) is 5.78 Å². The average molecular weight is 382 g/mol. The molecule has 0 heterocycles. The summed E-state index contributed by atoms with van der Waals surface area (Å²) >= 11 is 6.09. The molecule has 7 heteroatoms. The third-order valence-corrected chi connectivity index (χ3v) is 6.06. The minimum absolute atomic E-state index is 0.197. The highest BCUT2D eigenvalue weighted by Crippen LogP contribution is 2.59. The zero-order chi connectivity index (χ0) is 18.3. The van der Waals surface area contributed by atoms with Gasteiger partial charge < -0.3 is 14.4 Å². The van der Waals surface area contributed by atoms with Crippen molar-refractivity contribution in [2.24, 2.45) is 0 Å². The van der Waals surface area contributed by atoms with Crippen molar-refractivity contribution in [3.05, 3.63) is 70.7 Å². The first-order valence-corrected chi connectivity index (χ1v) is 10.00. The monoisotopic (exact) mass is 381 g/mol. The van der Waals surface area contributed by atoms with E-state index in [0.717, 1.165) is 0 Å². The van der Waals surface area contributed by atoms with E-state index in [2.05, 4.69) is 5.32 Å². The van der Waals surface area contributed by atoms with Gasteiger partial charge in [0.1, 0.15) is 0 Å². The van der Waals surface area contributed by atoms with Crippen molar-refractivity contribution in [3.8, 4) is 0 Å². The van der Waals surface area contributed by atoms with Crippen LogP contribution in [0.15, 0.2) is 54.6 Å². The average Bonchev–Trinajstić information content (AvgIpc) is 2.61. The Balaban J connectivity index is 2.40. The molecular weight excluding hydrogens is 361 g/mol.